The van der Waals surface area contributed by atoms with Gasteiger partial charge >= 0.3 is 0 Å². The van der Waals surface area contributed by atoms with Crippen molar-refractivity contribution in [3.8, 4) is 11.5 Å². The highest BCUT2D eigenvalue weighted by Crippen LogP contribution is 2.32. The van der Waals surface area contributed by atoms with Crippen LogP contribution in [0.2, 0.25) is 0 Å². The van der Waals surface area contributed by atoms with Crippen LogP contribution >= 0.6 is 15.9 Å². The Morgan fingerprint density at radius 3 is 2.54 bits per heavy atom. The molecule has 0 N–H and O–H groups in total. The van der Waals surface area contributed by atoms with Crippen LogP contribution in [-0.4, -0.2) is 13.7 Å². The third-order valence-electron chi connectivity index (χ3n) is 1.75. The molecule has 0 spiro atoms. The summed E-state index contributed by atoms with van der Waals surface area (Å²) >= 11 is 3.41. The smallest absolute Gasteiger partial charge is 0.133 e. The summed E-state index contributed by atoms with van der Waals surface area (Å²) in [7, 11) is 1.65. The van der Waals surface area contributed by atoms with Gasteiger partial charge in [-0.3, -0.25) is 0 Å². The molecule has 3 heteroatoms. The summed E-state index contributed by atoms with van der Waals surface area (Å²) in [6.45, 7) is 4.65. The van der Waals surface area contributed by atoms with Gasteiger partial charge in [0.05, 0.1) is 18.2 Å². The lowest BCUT2D eigenvalue weighted by Gasteiger charge is -2.10. The second kappa shape index (κ2) is 4.51. The second-order valence-corrected chi connectivity index (χ2v) is 3.54. The molecule has 0 aliphatic carbocycles. The molecule has 1 aromatic rings. The molecule has 0 radical (unpaired) electrons. The van der Waals surface area contributed by atoms with Gasteiger partial charge in [0.2, 0.25) is 0 Å². The minimum Gasteiger partial charge on any atom is -0.496 e. The fourth-order valence-corrected chi connectivity index (χ4v) is 1.59. The number of ether oxygens (including phenoxy) is 2. The summed E-state index contributed by atoms with van der Waals surface area (Å²) < 4.78 is 11.5. The molecule has 13 heavy (non-hydrogen) atoms. The maximum atomic E-state index is 5.43. The zero-order valence-corrected chi connectivity index (χ0v) is 9.64. The fraction of sp³-hybridized carbons (Fsp3) is 0.400. The highest BCUT2D eigenvalue weighted by atomic mass is 79.9. The van der Waals surface area contributed by atoms with Crippen molar-refractivity contribution < 1.29 is 9.47 Å². The van der Waals surface area contributed by atoms with Gasteiger partial charge in [0.1, 0.15) is 11.5 Å². The van der Waals surface area contributed by atoms with Gasteiger partial charge in [0.25, 0.3) is 0 Å². The summed E-state index contributed by atoms with van der Waals surface area (Å²) in [5.74, 6) is 1.73. The number of hydrogen-bond acceptors (Lipinski definition) is 2. The molecule has 0 bridgehead atoms. The fourth-order valence-electron chi connectivity index (χ4n) is 1.10. The lowest BCUT2D eigenvalue weighted by molar-refractivity contribution is 0.336. The van der Waals surface area contributed by atoms with Crippen molar-refractivity contribution in [2.24, 2.45) is 0 Å². The van der Waals surface area contributed by atoms with Crippen molar-refractivity contribution in [1.29, 1.82) is 0 Å². The van der Waals surface area contributed by atoms with Crippen LogP contribution < -0.4 is 9.47 Å². The highest BCUT2D eigenvalue weighted by molar-refractivity contribution is 9.10. The first-order chi connectivity index (χ1) is 6.19. The molecule has 2 nitrogen and oxygen atoms in total. The summed E-state index contributed by atoms with van der Waals surface area (Å²) in [5.41, 5.74) is 1.09. The lowest BCUT2D eigenvalue weighted by atomic mass is 10.2. The normalized spacial score (nSPS) is 9.85. The van der Waals surface area contributed by atoms with Crippen LogP contribution in [0.3, 0.4) is 0 Å². The van der Waals surface area contributed by atoms with E-state index < -0.39 is 0 Å². The number of methoxy groups -OCH3 is 1. The lowest BCUT2D eigenvalue weighted by Crippen LogP contribution is -1.95. The van der Waals surface area contributed by atoms with E-state index in [2.05, 4.69) is 15.9 Å². The van der Waals surface area contributed by atoms with Crippen LogP contribution in [0.4, 0.5) is 0 Å². The summed E-state index contributed by atoms with van der Waals surface area (Å²) in [6.07, 6.45) is 0. The zero-order valence-electron chi connectivity index (χ0n) is 8.06. The maximum absolute atomic E-state index is 5.43. The average molecular weight is 245 g/mol. The summed E-state index contributed by atoms with van der Waals surface area (Å²) in [4.78, 5) is 0. The summed E-state index contributed by atoms with van der Waals surface area (Å²) in [5, 5.41) is 0. The Morgan fingerprint density at radius 1 is 1.31 bits per heavy atom. The van der Waals surface area contributed by atoms with E-state index in [1.54, 1.807) is 7.11 Å². The quantitative estimate of drug-likeness (QED) is 0.814. The first kappa shape index (κ1) is 10.4. The van der Waals surface area contributed by atoms with E-state index in [0.29, 0.717) is 6.61 Å². The predicted octanol–water partition coefficient (Wildman–Crippen LogP) is 3.16. The van der Waals surface area contributed by atoms with Gasteiger partial charge in [0.15, 0.2) is 0 Å². The predicted molar refractivity (Wildman–Crippen MR) is 56.6 cm³/mol. The first-order valence-electron chi connectivity index (χ1n) is 4.16. The Bertz CT molecular complexity index is 297. The van der Waals surface area contributed by atoms with Gasteiger partial charge in [-0.05, 0) is 47.5 Å². The largest absolute Gasteiger partial charge is 0.496 e. The van der Waals surface area contributed by atoms with Gasteiger partial charge in [-0.1, -0.05) is 0 Å². The summed E-state index contributed by atoms with van der Waals surface area (Å²) in [6, 6.07) is 3.88. The van der Waals surface area contributed by atoms with E-state index in [1.165, 1.54) is 0 Å². The highest BCUT2D eigenvalue weighted by Gasteiger charge is 2.05. The van der Waals surface area contributed by atoms with Crippen molar-refractivity contribution in [2.75, 3.05) is 13.7 Å². The standard InChI is InChI=1S/C10H13BrO2/c1-4-13-9-6-8(11)10(12-3)5-7(9)2/h5-6H,4H2,1-3H3. The van der Waals surface area contributed by atoms with E-state index in [4.69, 9.17) is 9.47 Å². The second-order valence-electron chi connectivity index (χ2n) is 2.69. The molecule has 0 saturated carbocycles. The molecule has 0 fully saturated rings. The van der Waals surface area contributed by atoms with Gasteiger partial charge in [-0.25, -0.2) is 0 Å². The van der Waals surface area contributed by atoms with Crippen molar-refractivity contribution >= 4 is 15.9 Å². The Kier molecular flexibility index (Phi) is 3.60. The number of aryl methyl sites for hydroxylation is 1. The van der Waals surface area contributed by atoms with Crippen molar-refractivity contribution in [1.82, 2.24) is 0 Å². The van der Waals surface area contributed by atoms with Crippen molar-refractivity contribution in [3.63, 3.8) is 0 Å². The van der Waals surface area contributed by atoms with Gasteiger partial charge in [0, 0.05) is 0 Å². The molecule has 0 aromatic heterocycles. The molecule has 0 heterocycles. The van der Waals surface area contributed by atoms with Gasteiger partial charge in [-0.15, -0.1) is 0 Å². The van der Waals surface area contributed by atoms with Crippen LogP contribution in [0.15, 0.2) is 16.6 Å². The van der Waals surface area contributed by atoms with Crippen LogP contribution in [0.25, 0.3) is 0 Å². The number of rotatable bonds is 3. The van der Waals surface area contributed by atoms with Crippen molar-refractivity contribution in [3.05, 3.63) is 22.2 Å². The Labute approximate surface area is 87.0 Å². The van der Waals surface area contributed by atoms with Gasteiger partial charge < -0.3 is 9.47 Å². The molecule has 0 unspecified atom stereocenters. The molecule has 0 saturated heterocycles. The molecule has 1 rings (SSSR count). The van der Waals surface area contributed by atoms with Crippen LogP contribution in [0.5, 0.6) is 11.5 Å². The van der Waals surface area contributed by atoms with E-state index in [0.717, 1.165) is 21.5 Å². The van der Waals surface area contributed by atoms with Crippen LogP contribution in [0.1, 0.15) is 12.5 Å². The third kappa shape index (κ3) is 2.37. The third-order valence-corrected chi connectivity index (χ3v) is 2.37. The molecular weight excluding hydrogens is 232 g/mol. The maximum Gasteiger partial charge on any atom is 0.133 e. The minimum atomic E-state index is 0.680. The number of halogens is 1. The monoisotopic (exact) mass is 244 g/mol. The van der Waals surface area contributed by atoms with E-state index >= 15 is 0 Å². The first-order valence-corrected chi connectivity index (χ1v) is 4.95. The Morgan fingerprint density at radius 2 is 2.00 bits per heavy atom. The van der Waals surface area contributed by atoms with Crippen LogP contribution in [0, 0.1) is 6.92 Å². The molecule has 72 valence electrons. The van der Waals surface area contributed by atoms with Gasteiger partial charge in [-0.2, -0.15) is 0 Å². The SMILES string of the molecule is CCOc1cc(Br)c(OC)cc1C. The molecule has 0 amide bonds. The van der Waals surface area contributed by atoms with Crippen molar-refractivity contribution in [2.45, 2.75) is 13.8 Å². The molecule has 0 aliphatic rings. The number of benzene rings is 1. The van der Waals surface area contributed by atoms with Crippen LogP contribution in [-0.2, 0) is 0 Å². The van der Waals surface area contributed by atoms with E-state index in [9.17, 15) is 0 Å². The molecule has 0 atom stereocenters. The number of hydrogen-bond donors (Lipinski definition) is 0. The Hall–Kier alpha value is -0.700. The molecular formula is C10H13BrO2. The zero-order chi connectivity index (χ0) is 9.84. The van der Waals surface area contributed by atoms with E-state index in [-0.39, 0.29) is 0 Å². The molecule has 0 aliphatic heterocycles. The topological polar surface area (TPSA) is 18.5 Å². The Balaban J connectivity index is 3.05. The minimum absolute atomic E-state index is 0.680. The van der Waals surface area contributed by atoms with E-state index in [1.807, 2.05) is 26.0 Å². The average Bonchev–Trinajstić information content (AvgIpc) is 2.11. The molecule has 1 aromatic carbocycles.